The van der Waals surface area contributed by atoms with Crippen molar-refractivity contribution in [2.45, 2.75) is 31.1 Å². The van der Waals surface area contributed by atoms with Crippen molar-refractivity contribution in [1.29, 1.82) is 0 Å². The number of thiazole rings is 1. The fourth-order valence-electron chi connectivity index (χ4n) is 2.78. The number of aryl methyl sites for hydroxylation is 1. The molecule has 0 fully saturated rings. The van der Waals surface area contributed by atoms with Gasteiger partial charge in [-0.1, -0.05) is 18.5 Å². The van der Waals surface area contributed by atoms with Crippen LogP contribution in [0.3, 0.4) is 0 Å². The fourth-order valence-corrected chi connectivity index (χ4v) is 6.21. The monoisotopic (exact) mass is 400 g/mol. The maximum absolute atomic E-state index is 12.8. The van der Waals surface area contributed by atoms with Crippen LogP contribution in [0.25, 0.3) is 11.0 Å². The molecule has 1 aliphatic carbocycles. The molecule has 4 rings (SSSR count). The van der Waals surface area contributed by atoms with E-state index in [2.05, 4.69) is 25.4 Å². The first kappa shape index (κ1) is 16.2. The molecule has 24 heavy (non-hydrogen) atoms. The van der Waals surface area contributed by atoms with Crippen LogP contribution in [0.1, 0.15) is 23.9 Å². The number of sulfonamides is 1. The molecule has 10 heteroatoms. The Balaban J connectivity index is 1.71. The molecule has 0 aliphatic heterocycles. The second-order valence-corrected chi connectivity index (χ2v) is 9.52. The molecule has 1 aromatic carbocycles. The SMILES string of the molecule is CC1CCc2nc(NS(=O)(=O)c3ccc(Cl)c4nsnc34)sc2C1. The van der Waals surface area contributed by atoms with E-state index in [9.17, 15) is 8.42 Å². The van der Waals surface area contributed by atoms with Crippen LogP contribution in [-0.4, -0.2) is 22.1 Å². The summed E-state index contributed by atoms with van der Waals surface area (Å²) in [6.45, 7) is 2.20. The van der Waals surface area contributed by atoms with Crippen LogP contribution in [0.2, 0.25) is 5.02 Å². The van der Waals surface area contributed by atoms with Crippen LogP contribution < -0.4 is 4.72 Å². The van der Waals surface area contributed by atoms with Crippen molar-refractivity contribution in [2.75, 3.05) is 4.72 Å². The predicted octanol–water partition coefficient (Wildman–Crippen LogP) is 3.73. The third kappa shape index (κ3) is 2.79. The summed E-state index contributed by atoms with van der Waals surface area (Å²) in [4.78, 5) is 5.69. The Hall–Kier alpha value is -1.29. The van der Waals surface area contributed by atoms with Gasteiger partial charge in [-0.3, -0.25) is 4.72 Å². The van der Waals surface area contributed by atoms with Gasteiger partial charge in [0.15, 0.2) is 5.13 Å². The van der Waals surface area contributed by atoms with Crippen LogP contribution in [0.15, 0.2) is 17.0 Å². The third-order valence-corrected chi connectivity index (χ3v) is 7.39. The van der Waals surface area contributed by atoms with E-state index in [-0.39, 0.29) is 10.4 Å². The number of nitrogens with zero attached hydrogens (tertiary/aromatic N) is 3. The van der Waals surface area contributed by atoms with Crippen LogP contribution in [0.5, 0.6) is 0 Å². The Kier molecular flexibility index (Phi) is 3.98. The first-order valence-corrected chi connectivity index (χ1v) is 10.8. The van der Waals surface area contributed by atoms with Gasteiger partial charge in [0.05, 0.1) is 22.4 Å². The Bertz CT molecular complexity index is 1030. The van der Waals surface area contributed by atoms with Gasteiger partial charge in [0, 0.05) is 4.88 Å². The Labute approximate surface area is 152 Å². The maximum atomic E-state index is 12.8. The van der Waals surface area contributed by atoms with E-state index in [0.29, 0.717) is 21.6 Å². The second-order valence-electron chi connectivity index (χ2n) is 5.85. The molecular weight excluding hydrogens is 388 g/mol. The number of hydrogen-bond acceptors (Lipinski definition) is 7. The van der Waals surface area contributed by atoms with E-state index in [4.69, 9.17) is 11.6 Å². The minimum absolute atomic E-state index is 0.0668. The zero-order valence-corrected chi connectivity index (χ0v) is 15.8. The van der Waals surface area contributed by atoms with Gasteiger partial charge in [-0.25, -0.2) is 13.4 Å². The van der Waals surface area contributed by atoms with Crippen molar-refractivity contribution in [2.24, 2.45) is 5.92 Å². The molecule has 3 aromatic rings. The molecule has 126 valence electrons. The van der Waals surface area contributed by atoms with Gasteiger partial charge < -0.3 is 0 Å². The summed E-state index contributed by atoms with van der Waals surface area (Å²) in [6.07, 6.45) is 2.94. The van der Waals surface area contributed by atoms with E-state index in [1.54, 1.807) is 0 Å². The van der Waals surface area contributed by atoms with Crippen molar-refractivity contribution in [3.05, 3.63) is 27.7 Å². The number of benzene rings is 1. The molecule has 0 saturated carbocycles. The molecule has 1 aliphatic rings. The Morgan fingerprint density at radius 2 is 2.08 bits per heavy atom. The normalized spacial score (nSPS) is 17.8. The smallest absolute Gasteiger partial charge is 0.255 e. The molecule has 0 amide bonds. The molecular formula is C14H13ClN4O2S3. The van der Waals surface area contributed by atoms with Gasteiger partial charge in [-0.2, -0.15) is 8.75 Å². The lowest BCUT2D eigenvalue weighted by atomic mass is 9.93. The highest BCUT2D eigenvalue weighted by Gasteiger charge is 2.25. The lowest BCUT2D eigenvalue weighted by molar-refractivity contribution is 0.502. The zero-order chi connectivity index (χ0) is 16.9. The fraction of sp³-hybridized carbons (Fsp3) is 0.357. The van der Waals surface area contributed by atoms with E-state index in [1.165, 1.54) is 28.3 Å². The molecule has 0 saturated heterocycles. The summed E-state index contributed by atoms with van der Waals surface area (Å²) in [6, 6.07) is 2.97. The molecule has 2 aromatic heterocycles. The van der Waals surface area contributed by atoms with Gasteiger partial charge in [0.1, 0.15) is 15.9 Å². The molecule has 1 N–H and O–H groups in total. The predicted molar refractivity (Wildman–Crippen MR) is 96.5 cm³/mol. The van der Waals surface area contributed by atoms with Crippen molar-refractivity contribution in [3.8, 4) is 0 Å². The van der Waals surface area contributed by atoms with E-state index in [0.717, 1.165) is 36.7 Å². The van der Waals surface area contributed by atoms with Crippen LogP contribution >= 0.6 is 34.7 Å². The number of anilines is 1. The average molecular weight is 401 g/mol. The topological polar surface area (TPSA) is 84.8 Å². The van der Waals surface area contributed by atoms with E-state index in [1.807, 2.05) is 0 Å². The van der Waals surface area contributed by atoms with Gasteiger partial charge in [0.2, 0.25) is 0 Å². The first-order chi connectivity index (χ1) is 11.4. The van der Waals surface area contributed by atoms with E-state index < -0.39 is 10.0 Å². The summed E-state index contributed by atoms with van der Waals surface area (Å²) in [7, 11) is -3.80. The van der Waals surface area contributed by atoms with Gasteiger partial charge in [-0.15, -0.1) is 11.3 Å². The largest absolute Gasteiger partial charge is 0.265 e. The van der Waals surface area contributed by atoms with Crippen molar-refractivity contribution in [3.63, 3.8) is 0 Å². The van der Waals surface area contributed by atoms with Crippen LogP contribution in [-0.2, 0) is 22.9 Å². The standard InChI is InChI=1S/C14H13ClN4O2S3/c1-7-2-4-9-10(6-7)22-14(16-9)19-24(20,21)11-5-3-8(15)12-13(11)18-23-17-12/h3,5,7H,2,4,6H2,1H3,(H,16,19). The van der Waals surface area contributed by atoms with Crippen LogP contribution in [0, 0.1) is 5.92 Å². The first-order valence-electron chi connectivity index (χ1n) is 7.36. The van der Waals surface area contributed by atoms with Crippen molar-refractivity contribution < 1.29 is 8.42 Å². The minimum Gasteiger partial charge on any atom is -0.255 e. The highest BCUT2D eigenvalue weighted by atomic mass is 35.5. The molecule has 0 spiro atoms. The van der Waals surface area contributed by atoms with E-state index >= 15 is 0 Å². The third-order valence-electron chi connectivity index (χ3n) is 4.03. The zero-order valence-electron chi connectivity index (χ0n) is 12.6. The molecule has 6 nitrogen and oxygen atoms in total. The number of halogens is 1. The average Bonchev–Trinajstić information content (AvgIpc) is 3.13. The minimum atomic E-state index is -3.80. The number of aromatic nitrogens is 3. The number of hydrogen-bond donors (Lipinski definition) is 1. The lowest BCUT2D eigenvalue weighted by Crippen LogP contribution is -2.13. The summed E-state index contributed by atoms with van der Waals surface area (Å²) in [5.41, 5.74) is 1.69. The van der Waals surface area contributed by atoms with Gasteiger partial charge in [0.25, 0.3) is 10.0 Å². The number of nitrogens with one attached hydrogen (secondary N) is 1. The van der Waals surface area contributed by atoms with Crippen LogP contribution in [0.4, 0.5) is 5.13 Å². The molecule has 1 atom stereocenters. The summed E-state index contributed by atoms with van der Waals surface area (Å²) in [5, 5.41) is 0.789. The number of fused-ring (bicyclic) bond motifs is 2. The van der Waals surface area contributed by atoms with Crippen molar-refractivity contribution in [1.82, 2.24) is 13.7 Å². The Morgan fingerprint density at radius 1 is 1.29 bits per heavy atom. The summed E-state index contributed by atoms with van der Waals surface area (Å²) < 4.78 is 36.2. The summed E-state index contributed by atoms with van der Waals surface area (Å²) in [5.74, 6) is 0.611. The molecule has 1 unspecified atom stereocenters. The quantitative estimate of drug-likeness (QED) is 0.724. The Morgan fingerprint density at radius 3 is 2.92 bits per heavy atom. The summed E-state index contributed by atoms with van der Waals surface area (Å²) >= 11 is 8.39. The highest BCUT2D eigenvalue weighted by molar-refractivity contribution is 7.93. The van der Waals surface area contributed by atoms with Gasteiger partial charge in [-0.05, 0) is 37.3 Å². The van der Waals surface area contributed by atoms with Gasteiger partial charge >= 0.3 is 0 Å². The lowest BCUT2D eigenvalue weighted by Gasteiger charge is -2.15. The maximum Gasteiger partial charge on any atom is 0.265 e. The number of rotatable bonds is 3. The molecule has 2 heterocycles. The molecule has 0 bridgehead atoms. The second kappa shape index (κ2) is 5.91. The molecule has 0 radical (unpaired) electrons. The van der Waals surface area contributed by atoms with Crippen molar-refractivity contribution >= 4 is 60.9 Å². The highest BCUT2D eigenvalue weighted by Crippen LogP contribution is 2.34.